The summed E-state index contributed by atoms with van der Waals surface area (Å²) in [6, 6.07) is 18.3. The number of hydrogen-bond acceptors (Lipinski definition) is 7. The van der Waals surface area contributed by atoms with E-state index in [4.69, 9.17) is 13.9 Å². The molecule has 1 N–H and O–H groups in total. The van der Waals surface area contributed by atoms with Gasteiger partial charge >= 0.3 is 0 Å². The fraction of sp³-hybridized carbons (Fsp3) is 0.136. The molecule has 1 amide bonds. The van der Waals surface area contributed by atoms with Gasteiger partial charge in [-0.25, -0.2) is 0 Å². The molecule has 0 unspecified atom stereocenters. The van der Waals surface area contributed by atoms with Crippen LogP contribution in [0, 0.1) is 0 Å². The third kappa shape index (κ3) is 5.03. The van der Waals surface area contributed by atoms with E-state index in [0.717, 1.165) is 11.3 Å². The SMILES string of the molecule is COc1cccc(Cc2nsc(Oc3cccc(C(=O)NCc4ccco4)c3)n2)c1. The first-order valence-electron chi connectivity index (χ1n) is 9.23. The molecule has 4 aromatic rings. The van der Waals surface area contributed by atoms with Crippen molar-refractivity contribution in [1.82, 2.24) is 14.7 Å². The zero-order valence-electron chi connectivity index (χ0n) is 16.2. The molecule has 2 aromatic heterocycles. The van der Waals surface area contributed by atoms with Crippen LogP contribution in [0.3, 0.4) is 0 Å². The van der Waals surface area contributed by atoms with Gasteiger partial charge in [-0.05, 0) is 48.0 Å². The number of rotatable bonds is 8. The van der Waals surface area contributed by atoms with Crippen molar-refractivity contribution in [2.75, 3.05) is 7.11 Å². The van der Waals surface area contributed by atoms with Gasteiger partial charge in [-0.3, -0.25) is 4.79 Å². The van der Waals surface area contributed by atoms with Crippen molar-refractivity contribution in [2.45, 2.75) is 13.0 Å². The normalized spacial score (nSPS) is 10.6. The number of furan rings is 1. The molecule has 0 aliphatic carbocycles. The summed E-state index contributed by atoms with van der Waals surface area (Å²) in [4.78, 5) is 16.8. The van der Waals surface area contributed by atoms with Crippen molar-refractivity contribution in [2.24, 2.45) is 0 Å². The fourth-order valence-corrected chi connectivity index (χ4v) is 3.37. The van der Waals surface area contributed by atoms with Gasteiger partial charge < -0.3 is 19.2 Å². The van der Waals surface area contributed by atoms with Gasteiger partial charge in [-0.2, -0.15) is 9.36 Å². The second-order valence-electron chi connectivity index (χ2n) is 6.40. The van der Waals surface area contributed by atoms with Gasteiger partial charge in [0.2, 0.25) is 0 Å². The average molecular weight is 421 g/mol. The maximum absolute atomic E-state index is 12.4. The minimum atomic E-state index is -0.215. The van der Waals surface area contributed by atoms with Gasteiger partial charge in [0, 0.05) is 23.5 Å². The van der Waals surface area contributed by atoms with E-state index in [0.29, 0.717) is 41.1 Å². The first kappa shape index (κ1) is 19.7. The Morgan fingerprint density at radius 2 is 1.97 bits per heavy atom. The van der Waals surface area contributed by atoms with E-state index in [-0.39, 0.29) is 5.91 Å². The Hall–Kier alpha value is -3.65. The Morgan fingerprint density at radius 1 is 1.10 bits per heavy atom. The van der Waals surface area contributed by atoms with E-state index in [1.807, 2.05) is 24.3 Å². The Bertz CT molecular complexity index is 1120. The molecule has 4 rings (SSSR count). The van der Waals surface area contributed by atoms with Gasteiger partial charge in [-0.15, -0.1) is 0 Å². The van der Waals surface area contributed by atoms with Crippen LogP contribution in [0.1, 0.15) is 27.5 Å². The lowest BCUT2D eigenvalue weighted by molar-refractivity contribution is 0.0947. The lowest BCUT2D eigenvalue weighted by atomic mass is 10.1. The fourth-order valence-electron chi connectivity index (χ4n) is 2.80. The molecule has 0 fully saturated rings. The van der Waals surface area contributed by atoms with Crippen molar-refractivity contribution in [3.63, 3.8) is 0 Å². The molecule has 8 heteroatoms. The van der Waals surface area contributed by atoms with Crippen molar-refractivity contribution in [3.05, 3.63) is 89.6 Å². The van der Waals surface area contributed by atoms with Gasteiger partial charge in [0.25, 0.3) is 11.1 Å². The molecule has 0 aliphatic rings. The van der Waals surface area contributed by atoms with E-state index in [9.17, 15) is 4.79 Å². The summed E-state index contributed by atoms with van der Waals surface area (Å²) in [5, 5.41) is 3.23. The number of nitrogens with zero attached hydrogens (tertiary/aromatic N) is 2. The first-order valence-corrected chi connectivity index (χ1v) is 10.0. The summed E-state index contributed by atoms with van der Waals surface area (Å²) in [6.07, 6.45) is 2.15. The number of carbonyl (C=O) groups is 1. The second-order valence-corrected chi connectivity index (χ2v) is 7.11. The smallest absolute Gasteiger partial charge is 0.298 e. The van der Waals surface area contributed by atoms with Crippen LogP contribution in [0.15, 0.2) is 71.3 Å². The summed E-state index contributed by atoms with van der Waals surface area (Å²) >= 11 is 1.17. The molecule has 0 saturated carbocycles. The number of benzene rings is 2. The van der Waals surface area contributed by atoms with Crippen LogP contribution in [-0.2, 0) is 13.0 Å². The predicted octanol–water partition coefficient (Wildman–Crippen LogP) is 4.45. The molecule has 0 spiro atoms. The highest BCUT2D eigenvalue weighted by molar-refractivity contribution is 7.07. The number of amides is 1. The lowest BCUT2D eigenvalue weighted by Crippen LogP contribution is -2.22. The summed E-state index contributed by atoms with van der Waals surface area (Å²) in [5.74, 6) is 2.45. The zero-order valence-corrected chi connectivity index (χ0v) is 17.0. The van der Waals surface area contributed by atoms with E-state index in [1.165, 1.54) is 11.5 Å². The number of aromatic nitrogens is 2. The molecule has 0 radical (unpaired) electrons. The monoisotopic (exact) mass is 421 g/mol. The van der Waals surface area contributed by atoms with Crippen molar-refractivity contribution >= 4 is 17.4 Å². The van der Waals surface area contributed by atoms with Crippen LogP contribution in [-0.4, -0.2) is 22.4 Å². The van der Waals surface area contributed by atoms with Crippen LogP contribution in [0.5, 0.6) is 16.7 Å². The number of carbonyl (C=O) groups excluding carboxylic acids is 1. The Morgan fingerprint density at radius 3 is 2.80 bits per heavy atom. The van der Waals surface area contributed by atoms with Gasteiger partial charge in [-0.1, -0.05) is 18.2 Å². The van der Waals surface area contributed by atoms with Crippen LogP contribution in [0.25, 0.3) is 0 Å². The summed E-state index contributed by atoms with van der Waals surface area (Å²) in [6.45, 7) is 0.320. The number of nitrogens with one attached hydrogen (secondary N) is 1. The molecule has 152 valence electrons. The highest BCUT2D eigenvalue weighted by Crippen LogP contribution is 2.25. The second kappa shape index (κ2) is 9.23. The van der Waals surface area contributed by atoms with E-state index in [1.54, 1.807) is 49.8 Å². The minimum absolute atomic E-state index is 0.215. The molecule has 2 aromatic carbocycles. The lowest BCUT2D eigenvalue weighted by Gasteiger charge is -2.06. The Kier molecular flexibility index (Phi) is 6.05. The largest absolute Gasteiger partial charge is 0.497 e. The molecule has 0 saturated heterocycles. The first-order chi connectivity index (χ1) is 14.7. The number of ether oxygens (including phenoxy) is 2. The number of methoxy groups -OCH3 is 1. The average Bonchev–Trinajstić information content (AvgIpc) is 3.44. The van der Waals surface area contributed by atoms with Gasteiger partial charge in [0.05, 0.1) is 19.9 Å². The minimum Gasteiger partial charge on any atom is -0.497 e. The summed E-state index contributed by atoms with van der Waals surface area (Å²) in [5.41, 5.74) is 1.54. The molecule has 0 aliphatic heterocycles. The van der Waals surface area contributed by atoms with E-state index >= 15 is 0 Å². The molecular weight excluding hydrogens is 402 g/mol. The molecular formula is C22H19N3O4S. The molecule has 0 bridgehead atoms. The standard InChI is InChI=1S/C22H19N3O4S/c1-27-17-7-2-5-15(11-17)12-20-24-22(30-25-20)29-18-8-3-6-16(13-18)21(26)23-14-19-9-4-10-28-19/h2-11,13H,12,14H2,1H3,(H,23,26). The highest BCUT2D eigenvalue weighted by atomic mass is 32.1. The molecule has 2 heterocycles. The van der Waals surface area contributed by atoms with E-state index < -0.39 is 0 Å². The van der Waals surface area contributed by atoms with Crippen LogP contribution < -0.4 is 14.8 Å². The predicted molar refractivity (Wildman–Crippen MR) is 112 cm³/mol. The highest BCUT2D eigenvalue weighted by Gasteiger charge is 2.11. The van der Waals surface area contributed by atoms with Gasteiger partial charge in [0.15, 0.2) is 5.82 Å². The molecule has 30 heavy (non-hydrogen) atoms. The maximum Gasteiger partial charge on any atom is 0.298 e. The van der Waals surface area contributed by atoms with Crippen molar-refractivity contribution < 1.29 is 18.7 Å². The summed E-state index contributed by atoms with van der Waals surface area (Å²) in [7, 11) is 1.64. The third-order valence-electron chi connectivity index (χ3n) is 4.25. The third-order valence-corrected chi connectivity index (χ3v) is 4.88. The molecule has 7 nitrogen and oxygen atoms in total. The van der Waals surface area contributed by atoms with Crippen LogP contribution >= 0.6 is 11.5 Å². The Balaban J connectivity index is 1.38. The molecule has 0 atom stereocenters. The van der Waals surface area contributed by atoms with Crippen molar-refractivity contribution in [3.8, 4) is 16.7 Å². The number of hydrogen-bond donors (Lipinski definition) is 1. The quantitative estimate of drug-likeness (QED) is 0.452. The Labute approximate surface area is 177 Å². The zero-order chi connectivity index (χ0) is 20.8. The van der Waals surface area contributed by atoms with E-state index in [2.05, 4.69) is 14.7 Å². The van der Waals surface area contributed by atoms with Crippen LogP contribution in [0.4, 0.5) is 0 Å². The maximum atomic E-state index is 12.4. The van der Waals surface area contributed by atoms with Crippen molar-refractivity contribution in [1.29, 1.82) is 0 Å². The van der Waals surface area contributed by atoms with Crippen LogP contribution in [0.2, 0.25) is 0 Å². The van der Waals surface area contributed by atoms with Gasteiger partial charge in [0.1, 0.15) is 17.3 Å². The topological polar surface area (TPSA) is 86.5 Å². The summed E-state index contributed by atoms with van der Waals surface area (Å²) < 4.78 is 20.6.